The standard InChI is InChI=1S/C17H21ClN4OS/c1-5-22(4)10-19-13-8-12(3)14(9-11(13)2)23-16-20-15(21-24-16)17(18)6-7-17/h8-10H,5-7H2,1-4H3/b19-10-. The van der Waals surface area contributed by atoms with Crippen molar-refractivity contribution >= 4 is 35.2 Å². The molecule has 1 heterocycles. The molecule has 1 saturated carbocycles. The minimum Gasteiger partial charge on any atom is -0.430 e. The molecule has 5 nitrogen and oxygen atoms in total. The van der Waals surface area contributed by atoms with Crippen molar-refractivity contribution < 1.29 is 4.74 Å². The average molecular weight is 365 g/mol. The van der Waals surface area contributed by atoms with Crippen LogP contribution in [-0.4, -0.2) is 34.2 Å². The maximum atomic E-state index is 6.34. The summed E-state index contributed by atoms with van der Waals surface area (Å²) < 4.78 is 10.2. The number of rotatable bonds is 6. The Hall–Kier alpha value is -1.66. The normalized spacial score (nSPS) is 15.7. The van der Waals surface area contributed by atoms with Crippen LogP contribution in [0.2, 0.25) is 0 Å². The molecule has 7 heteroatoms. The summed E-state index contributed by atoms with van der Waals surface area (Å²) in [4.78, 5) is 10.6. The molecule has 24 heavy (non-hydrogen) atoms. The summed E-state index contributed by atoms with van der Waals surface area (Å²) in [7, 11) is 2.00. The highest BCUT2D eigenvalue weighted by molar-refractivity contribution is 7.07. The molecular formula is C17H21ClN4OS. The Kier molecular flexibility index (Phi) is 4.78. The molecule has 0 unspecified atom stereocenters. The van der Waals surface area contributed by atoms with E-state index in [-0.39, 0.29) is 4.87 Å². The summed E-state index contributed by atoms with van der Waals surface area (Å²) in [5, 5.41) is 0.529. The Morgan fingerprint density at radius 3 is 2.79 bits per heavy atom. The Morgan fingerprint density at radius 1 is 1.38 bits per heavy atom. The van der Waals surface area contributed by atoms with E-state index in [9.17, 15) is 0 Å². The number of aryl methyl sites for hydroxylation is 2. The van der Waals surface area contributed by atoms with E-state index >= 15 is 0 Å². The minimum absolute atomic E-state index is 0.354. The number of benzene rings is 1. The maximum Gasteiger partial charge on any atom is 0.298 e. The van der Waals surface area contributed by atoms with Crippen molar-refractivity contribution in [2.75, 3.05) is 13.6 Å². The van der Waals surface area contributed by atoms with Crippen molar-refractivity contribution in [1.29, 1.82) is 0 Å². The SMILES string of the molecule is CCN(C)/C=N\c1cc(C)c(Oc2nc(C3(Cl)CC3)ns2)cc1C. The van der Waals surface area contributed by atoms with Crippen LogP contribution >= 0.6 is 23.1 Å². The van der Waals surface area contributed by atoms with Gasteiger partial charge in [0, 0.05) is 25.1 Å². The van der Waals surface area contributed by atoms with E-state index in [1.165, 1.54) is 11.5 Å². The number of ether oxygens (including phenoxy) is 1. The lowest BCUT2D eigenvalue weighted by molar-refractivity contribution is 0.472. The largest absolute Gasteiger partial charge is 0.430 e. The first-order chi connectivity index (χ1) is 11.4. The fourth-order valence-corrected chi connectivity index (χ4v) is 2.99. The zero-order valence-electron chi connectivity index (χ0n) is 14.3. The molecule has 0 atom stereocenters. The van der Waals surface area contributed by atoms with Crippen LogP contribution in [0.15, 0.2) is 17.1 Å². The summed E-state index contributed by atoms with van der Waals surface area (Å²) in [6, 6.07) is 4.01. The van der Waals surface area contributed by atoms with Crippen LogP contribution in [0.1, 0.15) is 36.7 Å². The van der Waals surface area contributed by atoms with Gasteiger partial charge in [0.15, 0.2) is 5.82 Å². The average Bonchev–Trinajstić information content (AvgIpc) is 3.12. The second kappa shape index (κ2) is 6.69. The maximum absolute atomic E-state index is 6.34. The second-order valence-electron chi connectivity index (χ2n) is 6.17. The van der Waals surface area contributed by atoms with Gasteiger partial charge in [-0.2, -0.15) is 9.36 Å². The summed E-state index contributed by atoms with van der Waals surface area (Å²) in [5.74, 6) is 1.46. The quantitative estimate of drug-likeness (QED) is 0.420. The van der Waals surface area contributed by atoms with E-state index in [1.54, 1.807) is 0 Å². The van der Waals surface area contributed by atoms with Crippen LogP contribution in [-0.2, 0) is 4.87 Å². The monoisotopic (exact) mass is 364 g/mol. The van der Waals surface area contributed by atoms with Gasteiger partial charge in [-0.15, -0.1) is 11.6 Å². The first-order valence-electron chi connectivity index (χ1n) is 7.98. The van der Waals surface area contributed by atoms with E-state index in [0.29, 0.717) is 11.0 Å². The lowest BCUT2D eigenvalue weighted by atomic mass is 10.1. The lowest BCUT2D eigenvalue weighted by Gasteiger charge is -2.11. The van der Waals surface area contributed by atoms with E-state index in [0.717, 1.165) is 42.0 Å². The van der Waals surface area contributed by atoms with Gasteiger partial charge in [-0.3, -0.25) is 0 Å². The smallest absolute Gasteiger partial charge is 0.298 e. The zero-order valence-corrected chi connectivity index (χ0v) is 15.9. The summed E-state index contributed by atoms with van der Waals surface area (Å²) in [5.41, 5.74) is 3.00. The van der Waals surface area contributed by atoms with Crippen molar-refractivity contribution in [1.82, 2.24) is 14.3 Å². The molecule has 0 radical (unpaired) electrons. The zero-order chi connectivity index (χ0) is 17.3. The fraction of sp³-hybridized carbons (Fsp3) is 0.471. The molecule has 0 bridgehead atoms. The Labute approximate surface area is 151 Å². The Bertz CT molecular complexity index is 770. The van der Waals surface area contributed by atoms with E-state index in [4.69, 9.17) is 16.3 Å². The number of alkyl halides is 1. The van der Waals surface area contributed by atoms with Crippen molar-refractivity contribution in [2.24, 2.45) is 4.99 Å². The van der Waals surface area contributed by atoms with E-state index in [1.807, 2.05) is 44.3 Å². The first kappa shape index (κ1) is 17.2. The van der Waals surface area contributed by atoms with Gasteiger partial charge in [-0.1, -0.05) is 0 Å². The highest BCUT2D eigenvalue weighted by atomic mass is 35.5. The van der Waals surface area contributed by atoms with Gasteiger partial charge in [0.05, 0.1) is 12.0 Å². The number of aromatic nitrogens is 2. The molecule has 1 aliphatic carbocycles. The molecule has 1 aromatic heterocycles. The van der Waals surface area contributed by atoms with Gasteiger partial charge < -0.3 is 9.64 Å². The van der Waals surface area contributed by atoms with Gasteiger partial charge >= 0.3 is 0 Å². The van der Waals surface area contributed by atoms with Gasteiger partial charge in [-0.25, -0.2) is 4.99 Å². The molecule has 0 aliphatic heterocycles. The van der Waals surface area contributed by atoms with Gasteiger partial charge in [-0.05, 0) is 56.9 Å². The summed E-state index contributed by atoms with van der Waals surface area (Å²) in [6.07, 6.45) is 3.71. The lowest BCUT2D eigenvalue weighted by Crippen LogP contribution is -2.14. The minimum atomic E-state index is -0.354. The number of hydrogen-bond donors (Lipinski definition) is 0. The molecular weight excluding hydrogens is 344 g/mol. The number of halogens is 1. The molecule has 0 saturated heterocycles. The molecule has 1 fully saturated rings. The highest BCUT2D eigenvalue weighted by Crippen LogP contribution is 2.51. The van der Waals surface area contributed by atoms with Crippen molar-refractivity contribution in [3.63, 3.8) is 0 Å². The van der Waals surface area contributed by atoms with Crippen LogP contribution in [0.5, 0.6) is 10.9 Å². The number of hydrogen-bond acceptors (Lipinski definition) is 5. The van der Waals surface area contributed by atoms with Crippen LogP contribution in [0.25, 0.3) is 0 Å². The predicted octanol–water partition coefficient (Wildman–Crippen LogP) is 4.79. The van der Waals surface area contributed by atoms with Gasteiger partial charge in [0.1, 0.15) is 10.6 Å². The number of aliphatic imine (C=N–C) groups is 1. The molecule has 0 spiro atoms. The fourth-order valence-electron chi connectivity index (χ4n) is 2.13. The van der Waals surface area contributed by atoms with Crippen molar-refractivity contribution in [3.05, 3.63) is 29.1 Å². The predicted molar refractivity (Wildman–Crippen MR) is 99.1 cm³/mol. The second-order valence-corrected chi connectivity index (χ2v) is 7.61. The van der Waals surface area contributed by atoms with E-state index in [2.05, 4.69) is 21.3 Å². The molecule has 1 aliphatic rings. The summed E-state index contributed by atoms with van der Waals surface area (Å²) >= 11 is 7.58. The molecule has 0 N–H and O–H groups in total. The van der Waals surface area contributed by atoms with E-state index < -0.39 is 0 Å². The van der Waals surface area contributed by atoms with Gasteiger partial charge in [0.25, 0.3) is 5.19 Å². The Morgan fingerprint density at radius 2 is 2.12 bits per heavy atom. The third-order valence-corrected chi connectivity index (χ3v) is 5.22. The number of nitrogens with zero attached hydrogens (tertiary/aromatic N) is 4. The molecule has 128 valence electrons. The van der Waals surface area contributed by atoms with Crippen LogP contribution in [0, 0.1) is 13.8 Å². The third kappa shape index (κ3) is 3.70. The van der Waals surface area contributed by atoms with Crippen LogP contribution < -0.4 is 4.74 Å². The molecule has 3 rings (SSSR count). The summed E-state index contributed by atoms with van der Waals surface area (Å²) in [6.45, 7) is 7.03. The van der Waals surface area contributed by atoms with Crippen LogP contribution in [0.3, 0.4) is 0 Å². The third-order valence-electron chi connectivity index (χ3n) is 4.08. The Balaban J connectivity index is 1.78. The molecule has 1 aromatic carbocycles. The molecule has 2 aromatic rings. The highest BCUT2D eigenvalue weighted by Gasteiger charge is 2.46. The van der Waals surface area contributed by atoms with Crippen molar-refractivity contribution in [3.8, 4) is 10.9 Å². The van der Waals surface area contributed by atoms with Crippen LogP contribution in [0.4, 0.5) is 5.69 Å². The van der Waals surface area contributed by atoms with Crippen molar-refractivity contribution in [2.45, 2.75) is 38.5 Å². The topological polar surface area (TPSA) is 50.6 Å². The van der Waals surface area contributed by atoms with Gasteiger partial charge in [0.2, 0.25) is 0 Å². The first-order valence-corrected chi connectivity index (χ1v) is 9.13. The molecule has 0 amide bonds.